The molecule has 0 amide bonds. The molecule has 2 aromatic rings. The van der Waals surface area contributed by atoms with Crippen LogP contribution in [0.4, 0.5) is 0 Å². The molecule has 0 aliphatic rings. The topological polar surface area (TPSA) is 17.8 Å². The van der Waals surface area contributed by atoms with E-state index < -0.39 is 0 Å². The average Bonchev–Trinajstić information content (AvgIpc) is 2.69. The molecule has 0 N–H and O–H groups in total. The first-order valence-electron chi connectivity index (χ1n) is 4.61. The Balaban J connectivity index is 2.38. The molecular formula is C10H7Cl2LiN2. The SMILES string of the molecule is [Li][CH](c1ccc(Cl)cc1Cl)n1ccnc1. The number of benzene rings is 1. The fourth-order valence-electron chi connectivity index (χ4n) is 1.50. The first-order chi connectivity index (χ1) is 7.18. The summed E-state index contributed by atoms with van der Waals surface area (Å²) < 4.78 is 2.16. The van der Waals surface area contributed by atoms with Gasteiger partial charge in [-0.15, -0.1) is 0 Å². The third kappa shape index (κ3) is 2.41. The van der Waals surface area contributed by atoms with Crippen molar-refractivity contribution in [3.8, 4) is 0 Å². The molecule has 0 bridgehead atoms. The molecule has 1 aromatic heterocycles. The molecule has 15 heavy (non-hydrogen) atoms. The maximum absolute atomic E-state index is 6.12. The second kappa shape index (κ2) is 4.63. The van der Waals surface area contributed by atoms with Gasteiger partial charge in [0.1, 0.15) is 0 Å². The van der Waals surface area contributed by atoms with E-state index in [-0.39, 0.29) is 4.71 Å². The van der Waals surface area contributed by atoms with Gasteiger partial charge < -0.3 is 0 Å². The van der Waals surface area contributed by atoms with Crippen molar-refractivity contribution in [3.05, 3.63) is 52.5 Å². The van der Waals surface area contributed by atoms with Crippen LogP contribution in [0.3, 0.4) is 0 Å². The Morgan fingerprint density at radius 1 is 1.33 bits per heavy atom. The van der Waals surface area contributed by atoms with Crippen LogP contribution in [0.5, 0.6) is 0 Å². The maximum atomic E-state index is 6.12. The van der Waals surface area contributed by atoms with E-state index in [2.05, 4.69) is 22.7 Å². The minimum absolute atomic E-state index is 0.164. The van der Waals surface area contributed by atoms with Gasteiger partial charge in [-0.25, -0.2) is 0 Å². The summed E-state index contributed by atoms with van der Waals surface area (Å²) in [4.78, 5) is 4.01. The van der Waals surface area contributed by atoms with Gasteiger partial charge in [-0.2, -0.15) is 0 Å². The Kier molecular flexibility index (Phi) is 3.43. The van der Waals surface area contributed by atoms with Crippen molar-refractivity contribution >= 4 is 40.9 Å². The van der Waals surface area contributed by atoms with Crippen LogP contribution in [-0.2, 0) is 0 Å². The molecular weight excluding hydrogens is 226 g/mol. The van der Waals surface area contributed by atoms with Gasteiger partial charge >= 0.3 is 108 Å². The second-order valence-electron chi connectivity index (χ2n) is 3.35. The zero-order valence-corrected chi connectivity index (χ0v) is 9.70. The van der Waals surface area contributed by atoms with Crippen LogP contribution in [0.25, 0.3) is 0 Å². The summed E-state index contributed by atoms with van der Waals surface area (Å²) >= 11 is 14.0. The third-order valence-electron chi connectivity index (χ3n) is 2.38. The first kappa shape index (κ1) is 11.1. The predicted octanol–water partition coefficient (Wildman–Crippen LogP) is 2.91. The number of halogens is 2. The molecule has 0 aliphatic carbocycles. The summed E-state index contributed by atoms with van der Waals surface area (Å²) in [5.74, 6) is 0. The van der Waals surface area contributed by atoms with Gasteiger partial charge in [0.25, 0.3) is 0 Å². The number of hydrogen-bond donors (Lipinski definition) is 0. The monoisotopic (exact) mass is 232 g/mol. The molecule has 1 unspecified atom stereocenters. The fourth-order valence-corrected chi connectivity index (χ4v) is 2.07. The Morgan fingerprint density at radius 3 is 2.73 bits per heavy atom. The summed E-state index contributed by atoms with van der Waals surface area (Å²) in [6.45, 7) is 0. The van der Waals surface area contributed by atoms with Gasteiger partial charge in [-0.1, -0.05) is 0 Å². The molecule has 0 aliphatic heterocycles. The van der Waals surface area contributed by atoms with Crippen molar-refractivity contribution in [1.29, 1.82) is 0 Å². The first-order valence-corrected chi connectivity index (χ1v) is 5.36. The van der Waals surface area contributed by atoms with Crippen molar-refractivity contribution in [1.82, 2.24) is 9.55 Å². The van der Waals surface area contributed by atoms with Crippen LogP contribution in [0.2, 0.25) is 10.0 Å². The van der Waals surface area contributed by atoms with Crippen LogP contribution in [-0.4, -0.2) is 27.3 Å². The van der Waals surface area contributed by atoms with Gasteiger partial charge in [-0.05, 0) is 0 Å². The molecule has 1 atom stereocenters. The number of nitrogens with zero attached hydrogens (tertiary/aromatic N) is 2. The van der Waals surface area contributed by atoms with Gasteiger partial charge in [0.2, 0.25) is 0 Å². The van der Waals surface area contributed by atoms with Gasteiger partial charge in [0.15, 0.2) is 0 Å². The van der Waals surface area contributed by atoms with E-state index in [1.54, 1.807) is 18.6 Å². The zero-order valence-electron chi connectivity index (χ0n) is 8.19. The molecule has 2 nitrogen and oxygen atoms in total. The Hall–Kier alpha value is -0.393. The number of aromatic nitrogens is 2. The minimum atomic E-state index is 0.164. The van der Waals surface area contributed by atoms with E-state index in [4.69, 9.17) is 23.2 Å². The average molecular weight is 233 g/mol. The normalized spacial score (nSPS) is 12.8. The van der Waals surface area contributed by atoms with Gasteiger partial charge in [-0.3, -0.25) is 0 Å². The summed E-state index contributed by atoms with van der Waals surface area (Å²) in [6.07, 6.45) is 5.44. The summed E-state index contributed by atoms with van der Waals surface area (Å²) in [5.41, 5.74) is 1.04. The number of rotatable bonds is 2. The van der Waals surface area contributed by atoms with Crippen LogP contribution < -0.4 is 0 Å². The van der Waals surface area contributed by atoms with Crippen molar-refractivity contribution < 1.29 is 0 Å². The van der Waals surface area contributed by atoms with Crippen molar-refractivity contribution in [2.24, 2.45) is 0 Å². The molecule has 72 valence electrons. The standard InChI is InChI=1S/C10H7Cl2N2.Li/c11-9-2-1-8(10(12)5-9)6-14-4-3-13-7-14;/h1-7H;. The van der Waals surface area contributed by atoms with E-state index >= 15 is 0 Å². The Morgan fingerprint density at radius 2 is 2.13 bits per heavy atom. The quantitative estimate of drug-likeness (QED) is 0.729. The van der Waals surface area contributed by atoms with Gasteiger partial charge in [0, 0.05) is 0 Å². The number of imidazole rings is 1. The van der Waals surface area contributed by atoms with Gasteiger partial charge in [0.05, 0.1) is 0 Å². The van der Waals surface area contributed by atoms with Crippen molar-refractivity contribution in [3.63, 3.8) is 0 Å². The van der Waals surface area contributed by atoms with Crippen molar-refractivity contribution in [2.45, 2.75) is 4.71 Å². The Labute approximate surface area is 107 Å². The van der Waals surface area contributed by atoms with E-state index in [9.17, 15) is 0 Å². The summed E-state index contributed by atoms with van der Waals surface area (Å²) in [7, 11) is 0. The predicted molar refractivity (Wildman–Crippen MR) is 62.6 cm³/mol. The Bertz CT molecular complexity index is 456. The molecule has 1 aromatic carbocycles. The zero-order chi connectivity index (χ0) is 10.8. The molecule has 0 saturated heterocycles. The molecule has 0 fully saturated rings. The fraction of sp³-hybridized carbons (Fsp3) is 0.100. The van der Waals surface area contributed by atoms with Crippen LogP contribution in [0.1, 0.15) is 10.3 Å². The van der Waals surface area contributed by atoms with E-state index in [1.807, 2.05) is 22.9 Å². The summed E-state index contributed by atoms with van der Waals surface area (Å²) in [5, 5.41) is 1.34. The van der Waals surface area contributed by atoms with E-state index in [0.717, 1.165) is 5.56 Å². The molecule has 1 heterocycles. The third-order valence-corrected chi connectivity index (χ3v) is 2.95. The molecule has 0 radical (unpaired) electrons. The second-order valence-corrected chi connectivity index (χ2v) is 4.20. The van der Waals surface area contributed by atoms with Crippen LogP contribution in [0, 0.1) is 0 Å². The molecule has 2 rings (SSSR count). The van der Waals surface area contributed by atoms with Crippen LogP contribution >= 0.6 is 23.2 Å². The number of hydrogen-bond acceptors (Lipinski definition) is 1. The molecule has 5 heteroatoms. The van der Waals surface area contributed by atoms with Crippen LogP contribution in [0.15, 0.2) is 36.9 Å². The van der Waals surface area contributed by atoms with E-state index in [0.29, 0.717) is 10.0 Å². The molecule has 0 spiro atoms. The van der Waals surface area contributed by atoms with E-state index in [1.165, 1.54) is 0 Å². The summed E-state index contributed by atoms with van der Waals surface area (Å²) in [6, 6.07) is 5.54. The molecule has 0 saturated carbocycles. The van der Waals surface area contributed by atoms with Crippen molar-refractivity contribution in [2.75, 3.05) is 0 Å².